The molecular weight excluding hydrogens is 276 g/mol. The molecule has 1 rings (SSSR count). The second kappa shape index (κ2) is 6.78. The van der Waals surface area contributed by atoms with E-state index in [-0.39, 0.29) is 18.5 Å². The number of carbonyl (C=O) groups is 3. The number of nitrogens with zero attached hydrogens (tertiary/aromatic N) is 1. The average Bonchev–Trinajstić information content (AvgIpc) is 2.34. The number of carbonyl (C=O) groups excluding carboxylic acids is 3. The molecule has 2 amide bonds. The van der Waals surface area contributed by atoms with Crippen LogP contribution in [0.25, 0.3) is 0 Å². The molecule has 0 aliphatic carbocycles. The summed E-state index contributed by atoms with van der Waals surface area (Å²) in [5.41, 5.74) is -0.612. The van der Waals surface area contributed by atoms with Gasteiger partial charge in [0.15, 0.2) is 0 Å². The van der Waals surface area contributed by atoms with E-state index in [0.717, 1.165) is 0 Å². The van der Waals surface area contributed by atoms with Crippen molar-refractivity contribution in [2.24, 2.45) is 5.92 Å². The highest BCUT2D eigenvalue weighted by Crippen LogP contribution is 2.21. The van der Waals surface area contributed by atoms with Gasteiger partial charge in [-0.05, 0) is 27.2 Å². The Morgan fingerprint density at radius 1 is 1.19 bits per heavy atom. The molecule has 0 aromatic carbocycles. The van der Waals surface area contributed by atoms with Gasteiger partial charge in [-0.25, -0.2) is 4.79 Å². The second-order valence-electron chi connectivity index (χ2n) is 6.24. The lowest BCUT2D eigenvalue weighted by molar-refractivity contribution is -0.147. The van der Waals surface area contributed by atoms with Crippen LogP contribution >= 0.6 is 0 Å². The van der Waals surface area contributed by atoms with Crippen molar-refractivity contribution in [3.8, 4) is 0 Å². The highest BCUT2D eigenvalue weighted by Gasteiger charge is 2.36. The number of nitrogens with one attached hydrogen (secondary N) is 1. The lowest BCUT2D eigenvalue weighted by Gasteiger charge is -2.37. The van der Waals surface area contributed by atoms with Crippen LogP contribution in [0.5, 0.6) is 0 Å². The first kappa shape index (κ1) is 17.3. The van der Waals surface area contributed by atoms with Gasteiger partial charge < -0.3 is 19.7 Å². The van der Waals surface area contributed by atoms with Crippen LogP contribution < -0.4 is 5.32 Å². The average molecular weight is 300 g/mol. The van der Waals surface area contributed by atoms with E-state index in [4.69, 9.17) is 9.47 Å². The summed E-state index contributed by atoms with van der Waals surface area (Å²) in [5.74, 6) is -1.05. The van der Waals surface area contributed by atoms with Crippen molar-refractivity contribution in [3.63, 3.8) is 0 Å². The Morgan fingerprint density at radius 3 is 2.29 bits per heavy atom. The molecule has 0 unspecified atom stereocenters. The Kier molecular flexibility index (Phi) is 5.57. The number of hydrogen-bond donors (Lipinski definition) is 1. The summed E-state index contributed by atoms with van der Waals surface area (Å²) < 4.78 is 10.1. The first-order chi connectivity index (χ1) is 9.62. The van der Waals surface area contributed by atoms with E-state index in [1.165, 1.54) is 18.9 Å². The highest BCUT2D eigenvalue weighted by atomic mass is 16.6. The van der Waals surface area contributed by atoms with E-state index in [0.29, 0.717) is 13.0 Å². The molecule has 1 heterocycles. The maximum absolute atomic E-state index is 12.1. The van der Waals surface area contributed by atoms with E-state index in [1.54, 1.807) is 20.8 Å². The Labute approximate surface area is 124 Å². The highest BCUT2D eigenvalue weighted by molar-refractivity contribution is 5.76. The lowest BCUT2D eigenvalue weighted by atomic mass is 9.94. The van der Waals surface area contributed by atoms with Gasteiger partial charge in [0, 0.05) is 26.1 Å². The largest absolute Gasteiger partial charge is 0.469 e. The van der Waals surface area contributed by atoms with Gasteiger partial charge in [-0.15, -0.1) is 0 Å². The molecule has 1 aliphatic rings. The molecule has 21 heavy (non-hydrogen) atoms. The summed E-state index contributed by atoms with van der Waals surface area (Å²) in [6.07, 6.45) is -0.0441. The first-order valence-electron chi connectivity index (χ1n) is 6.95. The molecule has 0 aromatic rings. The number of ether oxygens (including phenoxy) is 2. The monoisotopic (exact) mass is 300 g/mol. The van der Waals surface area contributed by atoms with Crippen molar-refractivity contribution < 1.29 is 23.9 Å². The Morgan fingerprint density at radius 2 is 1.81 bits per heavy atom. The summed E-state index contributed by atoms with van der Waals surface area (Å²) in [7, 11) is 1.31. The molecular formula is C14H24N2O5. The minimum absolute atomic E-state index is 0.199. The van der Waals surface area contributed by atoms with Gasteiger partial charge in [0.2, 0.25) is 5.91 Å². The van der Waals surface area contributed by atoms with E-state index in [9.17, 15) is 14.4 Å². The van der Waals surface area contributed by atoms with E-state index >= 15 is 0 Å². The molecule has 1 N–H and O–H groups in total. The van der Waals surface area contributed by atoms with Crippen molar-refractivity contribution in [2.75, 3.05) is 20.2 Å². The zero-order chi connectivity index (χ0) is 16.2. The van der Waals surface area contributed by atoms with Gasteiger partial charge in [0.05, 0.1) is 13.0 Å². The number of likely N-dealkylation sites (tertiary alicyclic amines) is 1. The van der Waals surface area contributed by atoms with Crippen LogP contribution in [0.3, 0.4) is 0 Å². The fourth-order valence-corrected chi connectivity index (χ4v) is 2.30. The number of rotatable bonds is 2. The van der Waals surface area contributed by atoms with Crippen LogP contribution in [0.15, 0.2) is 0 Å². The van der Waals surface area contributed by atoms with Crippen molar-refractivity contribution in [2.45, 2.75) is 45.8 Å². The Bertz CT molecular complexity index is 416. The number of methoxy groups -OCH3 is 1. The molecule has 0 saturated carbocycles. The quantitative estimate of drug-likeness (QED) is 0.767. The molecule has 7 nitrogen and oxygen atoms in total. The Balaban J connectivity index is 2.80. The standard InChI is InChI=1S/C14H24N2O5/c1-9(17)15-11-6-10(12(18)20-5)7-16(8-11)13(19)21-14(2,3)4/h10-11H,6-8H2,1-5H3,(H,15,17)/t10-,11+/m1/s1. The van der Waals surface area contributed by atoms with Gasteiger partial charge in [0.1, 0.15) is 5.60 Å². The van der Waals surface area contributed by atoms with Gasteiger partial charge in [-0.1, -0.05) is 0 Å². The van der Waals surface area contributed by atoms with Crippen molar-refractivity contribution in [1.29, 1.82) is 0 Å². The molecule has 2 atom stereocenters. The number of piperidine rings is 1. The Hall–Kier alpha value is -1.79. The minimum atomic E-state index is -0.612. The second-order valence-corrected chi connectivity index (χ2v) is 6.24. The molecule has 1 aliphatic heterocycles. The van der Waals surface area contributed by atoms with Crippen molar-refractivity contribution in [3.05, 3.63) is 0 Å². The topological polar surface area (TPSA) is 84.9 Å². The fourth-order valence-electron chi connectivity index (χ4n) is 2.30. The van der Waals surface area contributed by atoms with Gasteiger partial charge in [0.25, 0.3) is 0 Å². The first-order valence-corrected chi connectivity index (χ1v) is 6.95. The predicted octanol–water partition coefficient (Wildman–Crippen LogP) is 0.921. The van der Waals surface area contributed by atoms with Crippen LogP contribution in [-0.4, -0.2) is 54.7 Å². The van der Waals surface area contributed by atoms with Crippen LogP contribution in [0.1, 0.15) is 34.1 Å². The summed E-state index contributed by atoms with van der Waals surface area (Å²) in [4.78, 5) is 36.5. The summed E-state index contributed by atoms with van der Waals surface area (Å²) >= 11 is 0. The molecule has 0 radical (unpaired) electrons. The zero-order valence-electron chi connectivity index (χ0n) is 13.3. The van der Waals surface area contributed by atoms with Crippen LogP contribution in [-0.2, 0) is 19.1 Å². The lowest BCUT2D eigenvalue weighted by Crippen LogP contribution is -2.54. The summed E-state index contributed by atoms with van der Waals surface area (Å²) in [6.45, 7) is 7.28. The maximum Gasteiger partial charge on any atom is 0.410 e. The van der Waals surface area contributed by atoms with E-state index in [1.807, 2.05) is 0 Å². The smallest absolute Gasteiger partial charge is 0.410 e. The van der Waals surface area contributed by atoms with Crippen LogP contribution in [0.4, 0.5) is 4.79 Å². The van der Waals surface area contributed by atoms with E-state index in [2.05, 4.69) is 5.32 Å². The maximum atomic E-state index is 12.1. The van der Waals surface area contributed by atoms with Gasteiger partial charge in [-0.2, -0.15) is 0 Å². The van der Waals surface area contributed by atoms with Gasteiger partial charge >= 0.3 is 12.1 Å². The third-order valence-electron chi connectivity index (χ3n) is 3.04. The molecule has 1 saturated heterocycles. The third kappa shape index (κ3) is 5.61. The number of hydrogen-bond acceptors (Lipinski definition) is 5. The normalized spacial score (nSPS) is 22.4. The van der Waals surface area contributed by atoms with Crippen molar-refractivity contribution >= 4 is 18.0 Å². The molecule has 120 valence electrons. The summed E-state index contributed by atoms with van der Waals surface area (Å²) in [5, 5.41) is 2.74. The van der Waals surface area contributed by atoms with Gasteiger partial charge in [-0.3, -0.25) is 9.59 Å². The SMILES string of the molecule is COC(=O)[C@@H]1C[C@H](NC(C)=O)CN(C(=O)OC(C)(C)C)C1. The number of esters is 1. The third-order valence-corrected chi connectivity index (χ3v) is 3.04. The van der Waals surface area contributed by atoms with Crippen molar-refractivity contribution in [1.82, 2.24) is 10.2 Å². The number of amides is 2. The molecule has 1 fully saturated rings. The summed E-state index contributed by atoms with van der Waals surface area (Å²) in [6, 6.07) is -0.284. The fraction of sp³-hybridized carbons (Fsp3) is 0.786. The predicted molar refractivity (Wildman–Crippen MR) is 75.5 cm³/mol. The minimum Gasteiger partial charge on any atom is -0.469 e. The molecule has 0 bridgehead atoms. The zero-order valence-corrected chi connectivity index (χ0v) is 13.3. The molecule has 7 heteroatoms. The van der Waals surface area contributed by atoms with E-state index < -0.39 is 23.6 Å². The molecule has 0 aromatic heterocycles. The van der Waals surface area contributed by atoms with Crippen LogP contribution in [0.2, 0.25) is 0 Å². The molecule has 0 spiro atoms. The van der Waals surface area contributed by atoms with Crippen LogP contribution in [0, 0.1) is 5.92 Å².